The second kappa shape index (κ2) is 4.07. The summed E-state index contributed by atoms with van der Waals surface area (Å²) in [4.78, 5) is 12.1. The maximum Gasteiger partial charge on any atom is 0.361 e. The first-order chi connectivity index (χ1) is 6.82. The molecule has 1 unspecified atom stereocenters. The van der Waals surface area contributed by atoms with Gasteiger partial charge in [-0.15, -0.1) is 0 Å². The van der Waals surface area contributed by atoms with E-state index in [0.717, 1.165) is 4.31 Å². The van der Waals surface area contributed by atoms with Crippen molar-refractivity contribution in [3.8, 4) is 0 Å². The molecule has 1 aliphatic rings. The van der Waals surface area contributed by atoms with Gasteiger partial charge in [0, 0.05) is 26.4 Å². The molecule has 0 fully saturated rings. The van der Waals surface area contributed by atoms with Crippen molar-refractivity contribution < 1.29 is 22.5 Å². The quantitative estimate of drug-likeness (QED) is 0.520. The molecule has 0 aromatic rings. The molecule has 0 saturated heterocycles. The third kappa shape index (κ3) is 2.83. The molecular formula is C7H12N2O5S. The summed E-state index contributed by atoms with van der Waals surface area (Å²) in [6.07, 6.45) is 1.93. The number of hydrogen-bond donors (Lipinski definition) is 1. The summed E-state index contributed by atoms with van der Waals surface area (Å²) < 4.78 is 36.0. The lowest BCUT2D eigenvalue weighted by molar-refractivity contribution is -0.143. The molecule has 0 bridgehead atoms. The monoisotopic (exact) mass is 236 g/mol. The number of carbonyl (C=O) groups is 1. The lowest BCUT2D eigenvalue weighted by atomic mass is 10.5. The van der Waals surface area contributed by atoms with Crippen molar-refractivity contribution in [1.82, 2.24) is 9.21 Å². The highest BCUT2D eigenvalue weighted by Gasteiger charge is 2.32. The average molecular weight is 236 g/mol. The Hall–Kier alpha value is -1.28. The second-order valence-corrected chi connectivity index (χ2v) is 4.37. The Kier molecular flexibility index (Phi) is 3.20. The lowest BCUT2D eigenvalue weighted by Crippen LogP contribution is -2.43. The minimum atomic E-state index is -4.32. The molecule has 0 aromatic heterocycles. The van der Waals surface area contributed by atoms with E-state index in [1.165, 1.54) is 24.2 Å². The van der Waals surface area contributed by atoms with Gasteiger partial charge in [-0.2, -0.15) is 8.42 Å². The molecule has 0 aromatic carbocycles. The highest BCUT2D eigenvalue weighted by atomic mass is 32.2. The SMILES string of the molecule is CC(=O)OCC1N(C)C=CN1S(=O)(=O)O. The molecule has 1 atom stereocenters. The molecule has 1 N–H and O–H groups in total. The molecule has 15 heavy (non-hydrogen) atoms. The van der Waals surface area contributed by atoms with Crippen LogP contribution in [0.1, 0.15) is 6.92 Å². The highest BCUT2D eigenvalue weighted by Crippen LogP contribution is 2.17. The molecule has 7 nitrogen and oxygen atoms in total. The first-order valence-electron chi connectivity index (χ1n) is 4.12. The predicted molar refractivity (Wildman–Crippen MR) is 50.7 cm³/mol. The fraction of sp³-hybridized carbons (Fsp3) is 0.571. The van der Waals surface area contributed by atoms with Gasteiger partial charge in [-0.25, -0.2) is 4.31 Å². The molecule has 0 saturated carbocycles. The molecule has 8 heteroatoms. The van der Waals surface area contributed by atoms with Gasteiger partial charge in [0.2, 0.25) is 0 Å². The van der Waals surface area contributed by atoms with Crippen LogP contribution < -0.4 is 0 Å². The highest BCUT2D eigenvalue weighted by molar-refractivity contribution is 7.83. The van der Waals surface area contributed by atoms with E-state index in [1.807, 2.05) is 0 Å². The zero-order valence-corrected chi connectivity index (χ0v) is 9.14. The van der Waals surface area contributed by atoms with E-state index < -0.39 is 22.4 Å². The summed E-state index contributed by atoms with van der Waals surface area (Å²) >= 11 is 0. The van der Waals surface area contributed by atoms with E-state index in [-0.39, 0.29) is 6.61 Å². The largest absolute Gasteiger partial charge is 0.462 e. The van der Waals surface area contributed by atoms with Crippen LogP contribution in [0.4, 0.5) is 0 Å². The molecule has 0 spiro atoms. The van der Waals surface area contributed by atoms with Gasteiger partial charge in [0.1, 0.15) is 6.61 Å². The van der Waals surface area contributed by atoms with Crippen molar-refractivity contribution >= 4 is 16.3 Å². The van der Waals surface area contributed by atoms with Crippen LogP contribution >= 0.6 is 0 Å². The molecular weight excluding hydrogens is 224 g/mol. The van der Waals surface area contributed by atoms with Crippen molar-refractivity contribution in [2.45, 2.75) is 13.1 Å². The molecule has 0 aliphatic carbocycles. The van der Waals surface area contributed by atoms with Gasteiger partial charge in [-0.05, 0) is 0 Å². The molecule has 86 valence electrons. The smallest absolute Gasteiger partial charge is 0.361 e. The number of likely N-dealkylation sites (N-methyl/N-ethyl adjacent to an activating group) is 1. The lowest BCUT2D eigenvalue weighted by Gasteiger charge is -2.26. The predicted octanol–water partition coefficient (Wildman–Crippen LogP) is -0.603. The summed E-state index contributed by atoms with van der Waals surface area (Å²) in [6.45, 7) is 1.08. The summed E-state index contributed by atoms with van der Waals surface area (Å²) in [5, 5.41) is 0. The van der Waals surface area contributed by atoms with Crippen LogP contribution in [0.15, 0.2) is 12.4 Å². The topological polar surface area (TPSA) is 87.2 Å². The van der Waals surface area contributed by atoms with Crippen LogP contribution in [-0.4, -0.2) is 48.0 Å². The molecule has 1 rings (SSSR count). The normalized spacial score (nSPS) is 20.9. The second-order valence-electron chi connectivity index (χ2n) is 3.05. The van der Waals surface area contributed by atoms with E-state index >= 15 is 0 Å². The Morgan fingerprint density at radius 2 is 2.13 bits per heavy atom. The summed E-state index contributed by atoms with van der Waals surface area (Å²) in [5.74, 6) is -0.509. The Labute approximate surface area is 87.8 Å². The Bertz CT molecular complexity index is 377. The van der Waals surface area contributed by atoms with Gasteiger partial charge in [0.05, 0.1) is 0 Å². The molecule has 0 amide bonds. The van der Waals surface area contributed by atoms with Crippen molar-refractivity contribution in [2.75, 3.05) is 13.7 Å². The van der Waals surface area contributed by atoms with Crippen molar-refractivity contribution in [1.29, 1.82) is 0 Å². The third-order valence-corrected chi connectivity index (χ3v) is 2.81. The van der Waals surface area contributed by atoms with E-state index in [1.54, 1.807) is 7.05 Å². The number of ether oxygens (including phenoxy) is 1. The summed E-state index contributed by atoms with van der Waals surface area (Å²) in [5.41, 5.74) is 0. The van der Waals surface area contributed by atoms with Crippen LogP contribution in [0.25, 0.3) is 0 Å². The zero-order chi connectivity index (χ0) is 11.6. The van der Waals surface area contributed by atoms with Gasteiger partial charge in [0.25, 0.3) is 0 Å². The Morgan fingerprint density at radius 3 is 2.60 bits per heavy atom. The minimum absolute atomic E-state index is 0.140. The maximum absolute atomic E-state index is 10.9. The average Bonchev–Trinajstić information content (AvgIpc) is 2.42. The standard InChI is InChI=1S/C7H12N2O5S/c1-6(10)14-5-7-8(2)3-4-9(7)15(11,12)13/h3-4,7H,5H2,1-2H3,(H,11,12,13). The minimum Gasteiger partial charge on any atom is -0.462 e. The van der Waals surface area contributed by atoms with Crippen molar-refractivity contribution in [3.63, 3.8) is 0 Å². The van der Waals surface area contributed by atoms with Crippen LogP contribution in [0, 0.1) is 0 Å². The van der Waals surface area contributed by atoms with Crippen LogP contribution in [0.5, 0.6) is 0 Å². The van der Waals surface area contributed by atoms with Crippen LogP contribution in [0.3, 0.4) is 0 Å². The van der Waals surface area contributed by atoms with Gasteiger partial charge in [0.15, 0.2) is 6.17 Å². The Morgan fingerprint density at radius 1 is 1.53 bits per heavy atom. The molecule has 1 aliphatic heterocycles. The summed E-state index contributed by atoms with van der Waals surface area (Å²) in [7, 11) is -2.71. The van der Waals surface area contributed by atoms with Crippen molar-refractivity contribution in [2.24, 2.45) is 0 Å². The zero-order valence-electron chi connectivity index (χ0n) is 8.32. The van der Waals surface area contributed by atoms with Gasteiger partial charge in [-0.3, -0.25) is 9.35 Å². The van der Waals surface area contributed by atoms with Crippen LogP contribution in [0.2, 0.25) is 0 Å². The van der Waals surface area contributed by atoms with Gasteiger partial charge in [-0.1, -0.05) is 0 Å². The van der Waals surface area contributed by atoms with E-state index in [9.17, 15) is 13.2 Å². The van der Waals surface area contributed by atoms with Crippen LogP contribution in [-0.2, 0) is 19.8 Å². The van der Waals surface area contributed by atoms with Crippen molar-refractivity contribution in [3.05, 3.63) is 12.4 Å². The first kappa shape index (κ1) is 11.8. The van der Waals surface area contributed by atoms with E-state index in [2.05, 4.69) is 4.74 Å². The number of nitrogens with zero attached hydrogens (tertiary/aromatic N) is 2. The molecule has 1 heterocycles. The third-order valence-electron chi connectivity index (χ3n) is 1.91. The van der Waals surface area contributed by atoms with Gasteiger partial charge >= 0.3 is 16.3 Å². The first-order valence-corrected chi connectivity index (χ1v) is 5.51. The number of carbonyl (C=O) groups excluding carboxylic acids is 1. The van der Waals surface area contributed by atoms with E-state index in [0.29, 0.717) is 0 Å². The summed E-state index contributed by atoms with van der Waals surface area (Å²) in [6, 6.07) is 0. The Balaban J connectivity index is 2.73. The van der Waals surface area contributed by atoms with Gasteiger partial charge < -0.3 is 9.64 Å². The fourth-order valence-electron chi connectivity index (χ4n) is 1.16. The number of rotatable bonds is 3. The molecule has 0 radical (unpaired) electrons. The number of esters is 1. The van der Waals surface area contributed by atoms with E-state index in [4.69, 9.17) is 4.55 Å². The maximum atomic E-state index is 10.9. The number of hydrogen-bond acceptors (Lipinski definition) is 5. The fourth-order valence-corrected chi connectivity index (χ4v) is 1.89.